The molecule has 162 valence electrons. The molecule has 2 heterocycles. The topological polar surface area (TPSA) is 119 Å². The van der Waals surface area contributed by atoms with Crippen molar-refractivity contribution >= 4 is 34.2 Å². The zero-order chi connectivity index (χ0) is 22.7. The van der Waals surface area contributed by atoms with Crippen LogP contribution in [0.25, 0.3) is 16.6 Å². The lowest BCUT2D eigenvalue weighted by molar-refractivity contribution is -0.148. The van der Waals surface area contributed by atoms with Crippen molar-refractivity contribution in [2.75, 3.05) is 18.1 Å². The first-order valence-corrected chi connectivity index (χ1v) is 10.3. The predicted octanol–water partition coefficient (Wildman–Crippen LogP) is 3.51. The van der Waals surface area contributed by atoms with Crippen molar-refractivity contribution < 1.29 is 19.4 Å². The molecule has 0 aliphatic carbocycles. The Labute approximate surface area is 184 Å². The minimum atomic E-state index is -0.641. The number of para-hydroxylation sites is 2. The third-order valence-corrected chi connectivity index (χ3v) is 5.49. The molecule has 0 unspecified atom stereocenters. The van der Waals surface area contributed by atoms with Gasteiger partial charge < -0.3 is 19.7 Å². The summed E-state index contributed by atoms with van der Waals surface area (Å²) in [4.78, 5) is 33.7. The molecule has 1 saturated heterocycles. The second kappa shape index (κ2) is 8.94. The van der Waals surface area contributed by atoms with Gasteiger partial charge in [0.1, 0.15) is 18.2 Å². The summed E-state index contributed by atoms with van der Waals surface area (Å²) in [6.07, 6.45) is 0.937. The molecule has 0 saturated carbocycles. The SMILES string of the molecule is CCc1ccc(N2C[C@@H](C(=O)OC/C(O)=C(\C#N)c3nc4ccccc4[nH]3)CC2=O)cc1. The van der Waals surface area contributed by atoms with Crippen LogP contribution in [-0.2, 0) is 20.7 Å². The highest BCUT2D eigenvalue weighted by atomic mass is 16.5. The normalized spacial score (nSPS) is 16.7. The number of aromatic nitrogens is 2. The molecule has 32 heavy (non-hydrogen) atoms. The van der Waals surface area contributed by atoms with E-state index in [4.69, 9.17) is 4.74 Å². The molecule has 3 aromatic rings. The highest BCUT2D eigenvalue weighted by molar-refractivity contribution is 5.99. The Hall–Kier alpha value is -4.12. The maximum Gasteiger partial charge on any atom is 0.311 e. The van der Waals surface area contributed by atoms with Gasteiger partial charge in [-0.25, -0.2) is 4.98 Å². The first-order valence-electron chi connectivity index (χ1n) is 10.3. The predicted molar refractivity (Wildman–Crippen MR) is 118 cm³/mol. The Morgan fingerprint density at radius 1 is 1.28 bits per heavy atom. The molecule has 1 aromatic heterocycles. The summed E-state index contributed by atoms with van der Waals surface area (Å²) in [5, 5.41) is 19.8. The second-order valence-electron chi connectivity index (χ2n) is 7.57. The number of nitrogens with one attached hydrogen (secondary N) is 1. The van der Waals surface area contributed by atoms with Crippen molar-refractivity contribution in [3.8, 4) is 6.07 Å². The number of aliphatic hydroxyl groups is 1. The molecule has 2 aromatic carbocycles. The van der Waals surface area contributed by atoms with Crippen LogP contribution in [0.4, 0.5) is 5.69 Å². The number of allylic oxidation sites excluding steroid dienone is 1. The number of nitriles is 1. The van der Waals surface area contributed by atoms with Gasteiger partial charge >= 0.3 is 5.97 Å². The fourth-order valence-electron chi connectivity index (χ4n) is 3.68. The van der Waals surface area contributed by atoms with Crippen LogP contribution in [-0.4, -0.2) is 40.1 Å². The van der Waals surface area contributed by atoms with Crippen LogP contribution >= 0.6 is 0 Å². The molecule has 0 bridgehead atoms. The number of benzene rings is 2. The summed E-state index contributed by atoms with van der Waals surface area (Å²) in [5.41, 5.74) is 3.17. The number of amides is 1. The van der Waals surface area contributed by atoms with Gasteiger partial charge in [-0.15, -0.1) is 0 Å². The summed E-state index contributed by atoms with van der Waals surface area (Å²) in [5.74, 6) is -1.61. The summed E-state index contributed by atoms with van der Waals surface area (Å²) in [6, 6.07) is 16.8. The van der Waals surface area contributed by atoms with Crippen molar-refractivity contribution in [2.24, 2.45) is 5.92 Å². The Balaban J connectivity index is 1.42. The molecule has 2 N–H and O–H groups in total. The zero-order valence-electron chi connectivity index (χ0n) is 17.5. The summed E-state index contributed by atoms with van der Waals surface area (Å²) in [6.45, 7) is 1.79. The lowest BCUT2D eigenvalue weighted by Gasteiger charge is -2.17. The number of nitrogens with zero attached hydrogens (tertiary/aromatic N) is 3. The average Bonchev–Trinajstić information content (AvgIpc) is 3.41. The van der Waals surface area contributed by atoms with Crippen LogP contribution in [0, 0.1) is 17.2 Å². The molecule has 4 rings (SSSR count). The van der Waals surface area contributed by atoms with Gasteiger partial charge in [0.15, 0.2) is 11.6 Å². The number of carbonyl (C=O) groups excluding carboxylic acids is 2. The molecule has 8 nitrogen and oxygen atoms in total. The monoisotopic (exact) mass is 430 g/mol. The number of hydrogen-bond acceptors (Lipinski definition) is 6. The van der Waals surface area contributed by atoms with Crippen molar-refractivity contribution in [2.45, 2.75) is 19.8 Å². The molecule has 8 heteroatoms. The number of rotatable bonds is 6. The van der Waals surface area contributed by atoms with Crippen LogP contribution in [0.15, 0.2) is 54.3 Å². The Morgan fingerprint density at radius 2 is 2.03 bits per heavy atom. The van der Waals surface area contributed by atoms with E-state index >= 15 is 0 Å². The highest BCUT2D eigenvalue weighted by Crippen LogP contribution is 2.27. The van der Waals surface area contributed by atoms with E-state index in [1.54, 1.807) is 17.0 Å². The van der Waals surface area contributed by atoms with E-state index < -0.39 is 24.3 Å². The Morgan fingerprint density at radius 3 is 2.72 bits per heavy atom. The number of esters is 1. The van der Waals surface area contributed by atoms with Gasteiger partial charge in [-0.3, -0.25) is 9.59 Å². The van der Waals surface area contributed by atoms with Crippen molar-refractivity contribution in [1.82, 2.24) is 9.97 Å². The number of aryl methyl sites for hydroxylation is 1. The van der Waals surface area contributed by atoms with Gasteiger partial charge in [-0.05, 0) is 36.2 Å². The maximum atomic E-state index is 12.5. The van der Waals surface area contributed by atoms with E-state index in [0.29, 0.717) is 5.52 Å². The van der Waals surface area contributed by atoms with E-state index in [2.05, 4.69) is 16.9 Å². The smallest absolute Gasteiger partial charge is 0.311 e. The van der Waals surface area contributed by atoms with Gasteiger partial charge in [0.05, 0.1) is 17.0 Å². The first-order chi connectivity index (χ1) is 15.5. The number of fused-ring (bicyclic) bond motifs is 1. The Bertz CT molecular complexity index is 1200. The quantitative estimate of drug-likeness (QED) is 0.351. The number of anilines is 1. The number of aliphatic hydroxyl groups excluding tert-OH is 1. The molecule has 0 spiro atoms. The first kappa shape index (κ1) is 21.1. The summed E-state index contributed by atoms with van der Waals surface area (Å²) in [7, 11) is 0. The van der Waals surface area contributed by atoms with Crippen molar-refractivity contribution in [1.29, 1.82) is 5.26 Å². The van der Waals surface area contributed by atoms with E-state index in [1.807, 2.05) is 42.5 Å². The van der Waals surface area contributed by atoms with Gasteiger partial charge in [0, 0.05) is 18.7 Å². The number of hydrogen-bond donors (Lipinski definition) is 2. The fraction of sp³-hybridized carbons (Fsp3) is 0.250. The van der Waals surface area contributed by atoms with Gasteiger partial charge in [0.2, 0.25) is 5.91 Å². The summed E-state index contributed by atoms with van der Waals surface area (Å²) < 4.78 is 5.22. The minimum absolute atomic E-state index is 0.0352. The van der Waals surface area contributed by atoms with Crippen molar-refractivity contribution in [3.63, 3.8) is 0 Å². The number of H-pyrrole nitrogens is 1. The lowest BCUT2D eigenvalue weighted by atomic mass is 10.1. The van der Waals surface area contributed by atoms with Crippen LogP contribution in [0.1, 0.15) is 24.7 Å². The molecule has 1 fully saturated rings. The highest BCUT2D eigenvalue weighted by Gasteiger charge is 2.36. The zero-order valence-corrected chi connectivity index (χ0v) is 17.5. The van der Waals surface area contributed by atoms with E-state index in [0.717, 1.165) is 23.2 Å². The Kier molecular flexibility index (Phi) is 5.90. The average molecular weight is 430 g/mol. The molecular weight excluding hydrogens is 408 g/mol. The third kappa shape index (κ3) is 4.18. The largest absolute Gasteiger partial charge is 0.507 e. The van der Waals surface area contributed by atoms with Crippen LogP contribution < -0.4 is 4.90 Å². The van der Waals surface area contributed by atoms with Gasteiger partial charge in [-0.2, -0.15) is 5.26 Å². The second-order valence-corrected chi connectivity index (χ2v) is 7.57. The van der Waals surface area contributed by atoms with Crippen LogP contribution in [0.2, 0.25) is 0 Å². The third-order valence-electron chi connectivity index (χ3n) is 5.49. The molecule has 1 aliphatic heterocycles. The maximum absolute atomic E-state index is 12.5. The van der Waals surface area contributed by atoms with Gasteiger partial charge in [-0.1, -0.05) is 31.2 Å². The van der Waals surface area contributed by atoms with E-state index in [-0.39, 0.29) is 30.3 Å². The van der Waals surface area contributed by atoms with Crippen LogP contribution in [0.5, 0.6) is 0 Å². The molecule has 1 atom stereocenters. The minimum Gasteiger partial charge on any atom is -0.507 e. The van der Waals surface area contributed by atoms with Gasteiger partial charge in [0.25, 0.3) is 0 Å². The van der Waals surface area contributed by atoms with Crippen LogP contribution in [0.3, 0.4) is 0 Å². The summed E-state index contributed by atoms with van der Waals surface area (Å²) >= 11 is 0. The number of imidazole rings is 1. The number of ether oxygens (including phenoxy) is 1. The molecule has 1 amide bonds. The van der Waals surface area contributed by atoms with Crippen molar-refractivity contribution in [3.05, 3.63) is 65.7 Å². The lowest BCUT2D eigenvalue weighted by Crippen LogP contribution is -2.26. The van der Waals surface area contributed by atoms with E-state index in [1.165, 1.54) is 0 Å². The molecule has 1 aliphatic rings. The van der Waals surface area contributed by atoms with E-state index in [9.17, 15) is 20.0 Å². The molecule has 0 radical (unpaired) electrons. The number of aromatic amines is 1. The number of carbonyl (C=O) groups is 2. The standard InChI is InChI=1S/C24H22N4O4/c1-2-15-7-9-17(10-8-15)28-13-16(11-22(28)30)24(31)32-14-21(29)18(12-25)23-26-19-5-3-4-6-20(19)27-23/h3-10,16,29H,2,11,13-14H2,1H3,(H,26,27)/b21-18-/t16-/m0/s1. The molecular formula is C24H22N4O4. The fourth-order valence-corrected chi connectivity index (χ4v) is 3.68.